The quantitative estimate of drug-likeness (QED) is 0.232. The minimum absolute atomic E-state index is 0.701. The second-order valence-corrected chi connectivity index (χ2v) is 7.72. The van der Waals surface area contributed by atoms with E-state index in [-0.39, 0.29) is 0 Å². The van der Waals surface area contributed by atoms with Crippen molar-refractivity contribution in [2.75, 3.05) is 25.4 Å². The van der Waals surface area contributed by atoms with Crippen molar-refractivity contribution < 1.29 is 0 Å². The number of aromatic nitrogens is 2. The van der Waals surface area contributed by atoms with Gasteiger partial charge in [-0.1, -0.05) is 48.5 Å². The highest BCUT2D eigenvalue weighted by atomic mass is 32.2. The first-order valence-corrected chi connectivity index (χ1v) is 11.1. The molecule has 2 N–H and O–H groups in total. The second kappa shape index (κ2) is 12.0. The van der Waals surface area contributed by atoms with E-state index in [1.54, 1.807) is 0 Å². The molecule has 5 nitrogen and oxygen atoms in total. The molecule has 0 radical (unpaired) electrons. The summed E-state index contributed by atoms with van der Waals surface area (Å²) in [7, 11) is 0. The molecule has 0 fully saturated rings. The number of nitrogens with zero attached hydrogens (tertiary/aromatic N) is 3. The topological polar surface area (TPSA) is 54.2 Å². The van der Waals surface area contributed by atoms with Crippen molar-refractivity contribution in [3.63, 3.8) is 0 Å². The summed E-state index contributed by atoms with van der Waals surface area (Å²) >= 11 is 1.85. The second-order valence-electron chi connectivity index (χ2n) is 6.56. The van der Waals surface area contributed by atoms with Crippen molar-refractivity contribution >= 4 is 17.7 Å². The third-order valence-corrected chi connectivity index (χ3v) is 5.37. The Labute approximate surface area is 177 Å². The normalized spacial score (nSPS) is 11.4. The average molecular weight is 408 g/mol. The molecule has 2 aromatic carbocycles. The first-order chi connectivity index (χ1) is 14.3. The maximum Gasteiger partial charge on any atom is 0.191 e. The molecular formula is C23H29N5S. The first kappa shape index (κ1) is 21.0. The Balaban J connectivity index is 1.46. The van der Waals surface area contributed by atoms with Crippen LogP contribution in [0, 0.1) is 0 Å². The predicted octanol–water partition coefficient (Wildman–Crippen LogP) is 3.82. The van der Waals surface area contributed by atoms with Crippen molar-refractivity contribution in [1.82, 2.24) is 20.2 Å². The number of nitrogens with one attached hydrogen (secondary N) is 2. The highest BCUT2D eigenvalue weighted by molar-refractivity contribution is 7.99. The van der Waals surface area contributed by atoms with Gasteiger partial charge in [0.25, 0.3) is 0 Å². The Hall–Kier alpha value is -2.73. The number of rotatable bonds is 10. The molecule has 0 saturated carbocycles. The van der Waals surface area contributed by atoms with E-state index >= 15 is 0 Å². The van der Waals surface area contributed by atoms with E-state index < -0.39 is 0 Å². The van der Waals surface area contributed by atoms with Crippen molar-refractivity contribution in [1.29, 1.82) is 0 Å². The molecular weight excluding hydrogens is 378 g/mol. The Bertz CT molecular complexity index is 861. The highest BCUT2D eigenvalue weighted by Crippen LogP contribution is 2.15. The molecule has 0 aliphatic rings. The molecule has 1 aromatic heterocycles. The molecule has 0 amide bonds. The van der Waals surface area contributed by atoms with Crippen LogP contribution in [0.15, 0.2) is 82.9 Å². The summed E-state index contributed by atoms with van der Waals surface area (Å²) in [5.41, 5.74) is 1.28. The number of aliphatic imine (C=N–C) groups is 1. The maximum absolute atomic E-state index is 4.71. The van der Waals surface area contributed by atoms with Crippen LogP contribution in [0.25, 0.3) is 0 Å². The lowest BCUT2D eigenvalue weighted by Crippen LogP contribution is -2.38. The highest BCUT2D eigenvalue weighted by Gasteiger charge is 2.04. The van der Waals surface area contributed by atoms with Crippen molar-refractivity contribution in [2.45, 2.75) is 24.8 Å². The van der Waals surface area contributed by atoms with Crippen LogP contribution in [-0.2, 0) is 13.0 Å². The van der Waals surface area contributed by atoms with E-state index in [0.717, 1.165) is 43.6 Å². The number of imidazole rings is 1. The van der Waals surface area contributed by atoms with Gasteiger partial charge in [-0.2, -0.15) is 0 Å². The van der Waals surface area contributed by atoms with E-state index in [0.29, 0.717) is 6.54 Å². The molecule has 152 valence electrons. The lowest BCUT2D eigenvalue weighted by molar-refractivity contribution is 0.713. The largest absolute Gasteiger partial charge is 0.357 e. The molecule has 0 saturated heterocycles. The molecule has 3 rings (SSSR count). The summed E-state index contributed by atoms with van der Waals surface area (Å²) in [4.78, 5) is 10.5. The Morgan fingerprint density at radius 1 is 1.03 bits per heavy atom. The first-order valence-electron chi connectivity index (χ1n) is 10.1. The summed E-state index contributed by atoms with van der Waals surface area (Å²) < 4.78 is 2.20. The van der Waals surface area contributed by atoms with Crippen molar-refractivity contribution in [3.05, 3.63) is 84.4 Å². The number of hydrogen-bond acceptors (Lipinski definition) is 3. The van der Waals surface area contributed by atoms with Gasteiger partial charge in [0.05, 0.1) is 0 Å². The smallest absolute Gasteiger partial charge is 0.191 e. The van der Waals surface area contributed by atoms with E-state index in [1.807, 2.05) is 36.3 Å². The SMILES string of the molecule is CCNC(=NCCc1nccn1Cc1ccccc1)NCCSc1ccccc1. The van der Waals surface area contributed by atoms with Gasteiger partial charge < -0.3 is 15.2 Å². The lowest BCUT2D eigenvalue weighted by atomic mass is 10.2. The number of guanidine groups is 1. The number of hydrogen-bond donors (Lipinski definition) is 2. The Morgan fingerprint density at radius 2 is 1.79 bits per heavy atom. The summed E-state index contributed by atoms with van der Waals surface area (Å²) in [6, 6.07) is 20.9. The molecule has 0 aliphatic heterocycles. The monoisotopic (exact) mass is 407 g/mol. The van der Waals surface area contributed by atoms with Gasteiger partial charge in [-0.15, -0.1) is 11.8 Å². The van der Waals surface area contributed by atoms with Crippen LogP contribution in [0.5, 0.6) is 0 Å². The van der Waals surface area contributed by atoms with Crippen LogP contribution in [0.2, 0.25) is 0 Å². The van der Waals surface area contributed by atoms with E-state index in [1.165, 1.54) is 10.5 Å². The van der Waals surface area contributed by atoms with Crippen LogP contribution < -0.4 is 10.6 Å². The van der Waals surface area contributed by atoms with Crippen LogP contribution in [0.3, 0.4) is 0 Å². The van der Waals surface area contributed by atoms with Crippen molar-refractivity contribution in [3.8, 4) is 0 Å². The van der Waals surface area contributed by atoms with Gasteiger partial charge in [0.2, 0.25) is 0 Å². The summed E-state index contributed by atoms with van der Waals surface area (Å²) in [5.74, 6) is 2.92. The fourth-order valence-corrected chi connectivity index (χ4v) is 3.75. The van der Waals surface area contributed by atoms with Gasteiger partial charge in [-0.3, -0.25) is 4.99 Å². The van der Waals surface area contributed by atoms with Gasteiger partial charge in [0.15, 0.2) is 5.96 Å². The van der Waals surface area contributed by atoms with Gasteiger partial charge in [0, 0.05) is 55.6 Å². The summed E-state index contributed by atoms with van der Waals surface area (Å²) in [6.07, 6.45) is 4.72. The van der Waals surface area contributed by atoms with Gasteiger partial charge in [-0.05, 0) is 24.6 Å². The predicted molar refractivity (Wildman–Crippen MR) is 123 cm³/mol. The van der Waals surface area contributed by atoms with E-state index in [4.69, 9.17) is 4.99 Å². The zero-order valence-corrected chi connectivity index (χ0v) is 17.7. The maximum atomic E-state index is 4.71. The van der Waals surface area contributed by atoms with Gasteiger partial charge in [0.1, 0.15) is 5.82 Å². The standard InChI is InChI=1S/C23H29N5S/c1-2-24-23(27-16-18-29-21-11-7-4-8-12-21)26-14-13-22-25-15-17-28(22)19-20-9-5-3-6-10-20/h3-12,15,17H,2,13-14,16,18-19H2,1H3,(H2,24,26,27). The number of benzene rings is 2. The molecule has 0 aliphatic carbocycles. The molecule has 3 aromatic rings. The van der Waals surface area contributed by atoms with Crippen molar-refractivity contribution in [2.24, 2.45) is 4.99 Å². The zero-order chi connectivity index (χ0) is 20.2. The molecule has 0 atom stereocenters. The Kier molecular flexibility index (Phi) is 8.66. The van der Waals surface area contributed by atoms with Crippen LogP contribution in [0.4, 0.5) is 0 Å². The van der Waals surface area contributed by atoms with Crippen LogP contribution in [-0.4, -0.2) is 40.9 Å². The average Bonchev–Trinajstić information content (AvgIpc) is 3.19. The van der Waals surface area contributed by atoms with E-state index in [9.17, 15) is 0 Å². The number of thioether (sulfide) groups is 1. The lowest BCUT2D eigenvalue weighted by Gasteiger charge is -2.11. The Morgan fingerprint density at radius 3 is 2.55 bits per heavy atom. The van der Waals surface area contributed by atoms with Crippen LogP contribution >= 0.6 is 11.8 Å². The fraction of sp³-hybridized carbons (Fsp3) is 0.304. The van der Waals surface area contributed by atoms with E-state index in [2.05, 4.69) is 75.6 Å². The minimum Gasteiger partial charge on any atom is -0.357 e. The third-order valence-electron chi connectivity index (χ3n) is 4.35. The molecule has 0 spiro atoms. The molecule has 6 heteroatoms. The van der Waals surface area contributed by atoms with Crippen LogP contribution in [0.1, 0.15) is 18.3 Å². The van der Waals surface area contributed by atoms with Gasteiger partial charge in [-0.25, -0.2) is 4.98 Å². The van der Waals surface area contributed by atoms with Gasteiger partial charge >= 0.3 is 0 Å². The fourth-order valence-electron chi connectivity index (χ4n) is 2.96. The summed E-state index contributed by atoms with van der Waals surface area (Å²) in [6.45, 7) is 5.35. The zero-order valence-electron chi connectivity index (χ0n) is 16.9. The molecule has 1 heterocycles. The molecule has 0 bridgehead atoms. The molecule has 0 unspecified atom stereocenters. The minimum atomic E-state index is 0.701. The molecule has 29 heavy (non-hydrogen) atoms. The third kappa shape index (κ3) is 7.31. The summed E-state index contributed by atoms with van der Waals surface area (Å²) in [5, 5.41) is 6.73.